The third-order valence-corrected chi connectivity index (χ3v) is 3.40. The number of benzene rings is 1. The second-order valence-corrected chi connectivity index (χ2v) is 6.16. The molecule has 4 nitrogen and oxygen atoms in total. The maximum absolute atomic E-state index is 6.06. The highest BCUT2D eigenvalue weighted by atomic mass is 16.5. The molecule has 0 amide bonds. The van der Waals surface area contributed by atoms with Crippen LogP contribution in [0.25, 0.3) is 0 Å². The molecule has 0 saturated heterocycles. The molecular formula is C17H23N3O. The van der Waals surface area contributed by atoms with Crippen molar-refractivity contribution in [2.24, 2.45) is 0 Å². The molecule has 0 saturated carbocycles. The minimum atomic E-state index is -0.00331. The quantitative estimate of drug-likeness (QED) is 0.925. The lowest BCUT2D eigenvalue weighted by atomic mass is 9.86. The van der Waals surface area contributed by atoms with Crippen LogP contribution in [0.1, 0.15) is 44.6 Å². The summed E-state index contributed by atoms with van der Waals surface area (Å²) in [5.74, 6) is 2.52. The lowest BCUT2D eigenvalue weighted by Gasteiger charge is -2.22. The van der Waals surface area contributed by atoms with Crippen LogP contribution in [0.4, 0.5) is 5.82 Å². The molecule has 0 radical (unpaired) electrons. The van der Waals surface area contributed by atoms with Crippen molar-refractivity contribution in [3.8, 4) is 11.6 Å². The Kier molecular flexibility index (Phi) is 4.16. The molecule has 1 aromatic carbocycles. The molecule has 1 aromatic heterocycles. The number of aryl methyl sites for hydroxylation is 1. The Morgan fingerprint density at radius 3 is 2.43 bits per heavy atom. The van der Waals surface area contributed by atoms with E-state index >= 15 is 0 Å². The van der Waals surface area contributed by atoms with E-state index in [1.807, 2.05) is 32.0 Å². The number of ether oxygens (including phenoxy) is 1. The van der Waals surface area contributed by atoms with Gasteiger partial charge in [-0.25, -0.2) is 4.98 Å². The van der Waals surface area contributed by atoms with Crippen LogP contribution in [0.2, 0.25) is 0 Å². The Morgan fingerprint density at radius 2 is 1.81 bits per heavy atom. The van der Waals surface area contributed by atoms with Crippen LogP contribution < -0.4 is 10.5 Å². The van der Waals surface area contributed by atoms with E-state index in [-0.39, 0.29) is 5.41 Å². The van der Waals surface area contributed by atoms with E-state index in [9.17, 15) is 0 Å². The van der Waals surface area contributed by atoms with E-state index in [1.54, 1.807) is 0 Å². The maximum atomic E-state index is 6.06. The van der Waals surface area contributed by atoms with Gasteiger partial charge in [0.25, 0.3) is 0 Å². The predicted octanol–water partition coefficient (Wildman–Crippen LogP) is 4.02. The normalized spacial score (nSPS) is 11.5. The number of nitrogen functional groups attached to an aromatic ring is 1. The lowest BCUT2D eigenvalue weighted by molar-refractivity contribution is 0.434. The fourth-order valence-electron chi connectivity index (χ4n) is 2.10. The average Bonchev–Trinajstić information content (AvgIpc) is 2.43. The smallest absolute Gasteiger partial charge is 0.227 e. The number of hydrogen-bond donors (Lipinski definition) is 1. The van der Waals surface area contributed by atoms with Crippen molar-refractivity contribution in [1.82, 2.24) is 9.97 Å². The summed E-state index contributed by atoms with van der Waals surface area (Å²) in [6.45, 7) is 10.4. The van der Waals surface area contributed by atoms with Gasteiger partial charge >= 0.3 is 0 Å². The fourth-order valence-corrected chi connectivity index (χ4v) is 2.10. The van der Waals surface area contributed by atoms with Crippen molar-refractivity contribution in [3.63, 3.8) is 0 Å². The van der Waals surface area contributed by atoms with Crippen molar-refractivity contribution in [2.45, 2.75) is 46.5 Å². The third kappa shape index (κ3) is 3.32. The first-order chi connectivity index (χ1) is 9.82. The Morgan fingerprint density at radius 1 is 1.14 bits per heavy atom. The summed E-state index contributed by atoms with van der Waals surface area (Å²) in [6, 6.07) is 8.02. The van der Waals surface area contributed by atoms with Gasteiger partial charge in [0, 0.05) is 12.0 Å². The zero-order valence-electron chi connectivity index (χ0n) is 13.4. The van der Waals surface area contributed by atoms with Gasteiger partial charge in [0.1, 0.15) is 17.4 Å². The van der Waals surface area contributed by atoms with Crippen molar-refractivity contribution in [1.29, 1.82) is 0 Å². The molecular weight excluding hydrogens is 262 g/mol. The largest absolute Gasteiger partial charge is 0.438 e. The van der Waals surface area contributed by atoms with Gasteiger partial charge in [-0.2, -0.15) is 4.98 Å². The summed E-state index contributed by atoms with van der Waals surface area (Å²) < 4.78 is 6.06. The van der Waals surface area contributed by atoms with Crippen LogP contribution in [0, 0.1) is 6.92 Å². The number of nitrogens with two attached hydrogens (primary N) is 1. The molecule has 0 bridgehead atoms. The van der Waals surface area contributed by atoms with Gasteiger partial charge in [-0.1, -0.05) is 45.9 Å². The van der Waals surface area contributed by atoms with Crippen molar-refractivity contribution in [3.05, 3.63) is 41.2 Å². The molecule has 21 heavy (non-hydrogen) atoms. The zero-order chi connectivity index (χ0) is 15.6. The first-order valence-electron chi connectivity index (χ1n) is 7.23. The maximum Gasteiger partial charge on any atom is 0.227 e. The van der Waals surface area contributed by atoms with Crippen LogP contribution in [0.3, 0.4) is 0 Å². The van der Waals surface area contributed by atoms with Gasteiger partial charge < -0.3 is 10.5 Å². The minimum Gasteiger partial charge on any atom is -0.438 e. The third-order valence-electron chi connectivity index (χ3n) is 3.40. The highest BCUT2D eigenvalue weighted by Crippen LogP contribution is 2.34. The number of nitrogens with zero attached hydrogens (tertiary/aromatic N) is 2. The summed E-state index contributed by atoms with van der Waals surface area (Å²) in [5, 5.41) is 0. The second-order valence-electron chi connectivity index (χ2n) is 6.16. The molecule has 4 heteroatoms. The number of hydrogen-bond acceptors (Lipinski definition) is 4. The van der Waals surface area contributed by atoms with Crippen LogP contribution in [-0.2, 0) is 11.8 Å². The van der Waals surface area contributed by atoms with Gasteiger partial charge in [0.05, 0.1) is 5.56 Å². The Hall–Kier alpha value is -2.10. The molecule has 0 aliphatic rings. The zero-order valence-corrected chi connectivity index (χ0v) is 13.4. The van der Waals surface area contributed by atoms with Crippen LogP contribution in [0.5, 0.6) is 11.6 Å². The molecule has 1 heterocycles. The molecule has 2 aromatic rings. The van der Waals surface area contributed by atoms with Gasteiger partial charge in [-0.05, 0) is 18.4 Å². The van der Waals surface area contributed by atoms with Crippen molar-refractivity contribution < 1.29 is 4.74 Å². The summed E-state index contributed by atoms with van der Waals surface area (Å²) in [6.07, 6.45) is 0.724. The van der Waals surface area contributed by atoms with Crippen LogP contribution >= 0.6 is 0 Å². The number of para-hydroxylation sites is 1. The van der Waals surface area contributed by atoms with Gasteiger partial charge in [0.15, 0.2) is 0 Å². The molecule has 112 valence electrons. The SMILES string of the molecule is CCc1nc(N)c(C)c(Oc2ccccc2C(C)(C)C)n1. The molecule has 0 unspecified atom stereocenters. The molecule has 0 atom stereocenters. The van der Waals surface area contributed by atoms with Crippen LogP contribution in [0.15, 0.2) is 24.3 Å². The monoisotopic (exact) mass is 285 g/mol. The molecule has 0 fully saturated rings. The van der Waals surface area contributed by atoms with Gasteiger partial charge in [-0.3, -0.25) is 0 Å². The first kappa shape index (κ1) is 15.3. The highest BCUT2D eigenvalue weighted by Gasteiger charge is 2.20. The predicted molar refractivity (Wildman–Crippen MR) is 85.8 cm³/mol. The van der Waals surface area contributed by atoms with E-state index in [2.05, 4.69) is 36.8 Å². The van der Waals surface area contributed by atoms with Gasteiger partial charge in [0.2, 0.25) is 5.88 Å². The van der Waals surface area contributed by atoms with Crippen LogP contribution in [-0.4, -0.2) is 9.97 Å². The summed E-state index contributed by atoms with van der Waals surface area (Å²) >= 11 is 0. The highest BCUT2D eigenvalue weighted by molar-refractivity contribution is 5.47. The standard InChI is InChI=1S/C17H23N3O/c1-6-14-19-15(18)11(2)16(20-14)21-13-10-8-7-9-12(13)17(3,4)5/h7-10H,6H2,1-5H3,(H2,18,19,20). The van der Waals surface area contributed by atoms with E-state index in [1.165, 1.54) is 0 Å². The molecule has 2 rings (SSSR count). The Balaban J connectivity index is 2.46. The average molecular weight is 285 g/mol. The fraction of sp³-hybridized carbons (Fsp3) is 0.412. The molecule has 0 spiro atoms. The summed E-state index contributed by atoms with van der Waals surface area (Å²) in [5.41, 5.74) is 7.85. The van der Waals surface area contributed by atoms with Crippen molar-refractivity contribution >= 4 is 5.82 Å². The van der Waals surface area contributed by atoms with E-state index in [4.69, 9.17) is 10.5 Å². The number of rotatable bonds is 3. The summed E-state index contributed by atoms with van der Waals surface area (Å²) in [7, 11) is 0. The van der Waals surface area contributed by atoms with E-state index < -0.39 is 0 Å². The minimum absolute atomic E-state index is 0.00331. The van der Waals surface area contributed by atoms with Gasteiger partial charge in [-0.15, -0.1) is 0 Å². The lowest BCUT2D eigenvalue weighted by Crippen LogP contribution is -2.13. The topological polar surface area (TPSA) is 61.0 Å². The second kappa shape index (κ2) is 5.72. The Bertz CT molecular complexity index is 645. The molecule has 2 N–H and O–H groups in total. The van der Waals surface area contributed by atoms with Crippen molar-refractivity contribution in [2.75, 3.05) is 5.73 Å². The Labute approximate surface area is 126 Å². The number of anilines is 1. The molecule has 0 aliphatic heterocycles. The first-order valence-corrected chi connectivity index (χ1v) is 7.23. The van der Waals surface area contributed by atoms with E-state index in [0.717, 1.165) is 23.3 Å². The number of aromatic nitrogens is 2. The molecule has 0 aliphatic carbocycles. The van der Waals surface area contributed by atoms with E-state index in [0.29, 0.717) is 17.5 Å². The summed E-state index contributed by atoms with van der Waals surface area (Å²) in [4.78, 5) is 8.71.